The van der Waals surface area contributed by atoms with Crippen molar-refractivity contribution in [1.29, 1.82) is 0 Å². The van der Waals surface area contributed by atoms with Crippen molar-refractivity contribution in [2.24, 2.45) is 7.05 Å². The number of hydrogen-bond donors (Lipinski definition) is 1. The minimum Gasteiger partial charge on any atom is -0.315 e. The maximum atomic E-state index is 11.6. The monoisotopic (exact) mass is 210 g/mol. The van der Waals surface area contributed by atoms with Crippen molar-refractivity contribution in [2.75, 3.05) is 6.54 Å². The number of rotatable bonds is 6. The van der Waals surface area contributed by atoms with Gasteiger partial charge in [-0.3, -0.25) is 4.79 Å². The first-order valence-corrected chi connectivity index (χ1v) is 5.22. The van der Waals surface area contributed by atoms with E-state index < -0.39 is 0 Å². The van der Waals surface area contributed by atoms with Crippen LogP contribution in [0, 0.1) is 0 Å². The van der Waals surface area contributed by atoms with Gasteiger partial charge in [0.15, 0.2) is 5.78 Å². The smallest absolute Gasteiger partial charge is 0.182 e. The van der Waals surface area contributed by atoms with Crippen LogP contribution in [0.25, 0.3) is 0 Å². The van der Waals surface area contributed by atoms with Gasteiger partial charge in [0.05, 0.1) is 6.20 Å². The van der Waals surface area contributed by atoms with Crippen molar-refractivity contribution >= 4 is 5.78 Å². The molecule has 0 radical (unpaired) electrons. The number of nitrogens with zero attached hydrogens (tertiary/aromatic N) is 3. The van der Waals surface area contributed by atoms with E-state index in [1.807, 2.05) is 0 Å². The van der Waals surface area contributed by atoms with Crippen molar-refractivity contribution in [2.45, 2.75) is 32.7 Å². The van der Waals surface area contributed by atoms with Gasteiger partial charge in [-0.25, -0.2) is 4.68 Å². The van der Waals surface area contributed by atoms with Crippen molar-refractivity contribution in [3.05, 3.63) is 11.9 Å². The van der Waals surface area contributed by atoms with Crippen molar-refractivity contribution < 1.29 is 4.79 Å². The Morgan fingerprint density at radius 3 is 2.87 bits per heavy atom. The van der Waals surface area contributed by atoms with E-state index in [2.05, 4.69) is 29.5 Å². The van der Waals surface area contributed by atoms with E-state index >= 15 is 0 Å². The van der Waals surface area contributed by atoms with Gasteiger partial charge in [-0.05, 0) is 13.0 Å². The molecule has 84 valence electrons. The van der Waals surface area contributed by atoms with Gasteiger partial charge >= 0.3 is 0 Å². The van der Waals surface area contributed by atoms with Gasteiger partial charge in [0.1, 0.15) is 5.69 Å². The number of Topliss-reactive ketones (excluding diaryl/α,β-unsaturated/α-hetero) is 1. The number of aromatic nitrogens is 3. The van der Waals surface area contributed by atoms with Crippen LogP contribution in [0.2, 0.25) is 0 Å². The van der Waals surface area contributed by atoms with Crippen molar-refractivity contribution in [1.82, 2.24) is 20.3 Å². The summed E-state index contributed by atoms with van der Waals surface area (Å²) in [4.78, 5) is 11.6. The Balaban J connectivity index is 2.28. The summed E-state index contributed by atoms with van der Waals surface area (Å²) in [5.41, 5.74) is 0.583. The maximum absolute atomic E-state index is 11.6. The highest BCUT2D eigenvalue weighted by atomic mass is 16.1. The second kappa shape index (κ2) is 5.60. The van der Waals surface area contributed by atoms with Crippen molar-refractivity contribution in [3.63, 3.8) is 0 Å². The molecule has 1 aromatic heterocycles. The van der Waals surface area contributed by atoms with Crippen LogP contribution in [0.4, 0.5) is 0 Å². The number of aryl methyl sites for hydroxylation is 1. The van der Waals surface area contributed by atoms with Gasteiger partial charge in [-0.2, -0.15) is 0 Å². The third-order valence-electron chi connectivity index (χ3n) is 2.13. The fourth-order valence-corrected chi connectivity index (χ4v) is 1.31. The van der Waals surface area contributed by atoms with E-state index in [1.54, 1.807) is 7.05 Å². The van der Waals surface area contributed by atoms with Gasteiger partial charge < -0.3 is 5.32 Å². The van der Waals surface area contributed by atoms with E-state index in [0.717, 1.165) is 13.0 Å². The minimum atomic E-state index is 0.105. The molecule has 0 amide bonds. The minimum absolute atomic E-state index is 0.105. The number of nitrogens with one attached hydrogen (secondary N) is 1. The van der Waals surface area contributed by atoms with Crippen LogP contribution < -0.4 is 5.32 Å². The van der Waals surface area contributed by atoms with Gasteiger partial charge in [0.25, 0.3) is 0 Å². The fourth-order valence-electron chi connectivity index (χ4n) is 1.31. The first-order valence-electron chi connectivity index (χ1n) is 5.22. The molecule has 0 aliphatic rings. The van der Waals surface area contributed by atoms with Gasteiger partial charge in [-0.15, -0.1) is 5.10 Å². The van der Waals surface area contributed by atoms with Crippen LogP contribution in [0.1, 0.15) is 37.2 Å². The Morgan fingerprint density at radius 2 is 2.33 bits per heavy atom. The van der Waals surface area contributed by atoms with E-state index in [0.29, 0.717) is 18.2 Å². The zero-order valence-corrected chi connectivity index (χ0v) is 9.53. The first-order chi connectivity index (χ1) is 7.11. The molecular formula is C10H18N4O. The standard InChI is InChI=1S/C10H18N4O/c1-8(2)11-6-4-5-10(15)9-7-12-13-14(9)3/h7-8,11H,4-6H2,1-3H3. The molecule has 0 spiro atoms. The summed E-state index contributed by atoms with van der Waals surface area (Å²) in [5.74, 6) is 0.105. The Kier molecular flexibility index (Phi) is 4.42. The molecule has 0 aliphatic carbocycles. The molecule has 0 aromatic carbocycles. The molecule has 1 N–H and O–H groups in total. The number of hydrogen-bond acceptors (Lipinski definition) is 4. The van der Waals surface area contributed by atoms with Crippen LogP contribution in [0.3, 0.4) is 0 Å². The fraction of sp³-hybridized carbons (Fsp3) is 0.700. The molecule has 15 heavy (non-hydrogen) atoms. The molecule has 5 nitrogen and oxygen atoms in total. The zero-order chi connectivity index (χ0) is 11.3. The van der Waals surface area contributed by atoms with Gasteiger partial charge in [0.2, 0.25) is 0 Å². The van der Waals surface area contributed by atoms with Gasteiger partial charge in [-0.1, -0.05) is 19.1 Å². The third-order valence-corrected chi connectivity index (χ3v) is 2.13. The zero-order valence-electron chi connectivity index (χ0n) is 9.53. The van der Waals surface area contributed by atoms with Crippen LogP contribution in [-0.2, 0) is 7.05 Å². The SMILES string of the molecule is CC(C)NCCCC(=O)c1cnnn1C. The molecule has 0 saturated heterocycles. The largest absolute Gasteiger partial charge is 0.315 e. The van der Waals surface area contributed by atoms with E-state index in [1.165, 1.54) is 10.9 Å². The Hall–Kier alpha value is -1.23. The highest BCUT2D eigenvalue weighted by molar-refractivity contribution is 5.94. The normalized spacial score (nSPS) is 10.9. The van der Waals surface area contributed by atoms with Gasteiger partial charge in [0, 0.05) is 19.5 Å². The summed E-state index contributed by atoms with van der Waals surface area (Å²) >= 11 is 0. The lowest BCUT2D eigenvalue weighted by atomic mass is 10.2. The summed E-state index contributed by atoms with van der Waals surface area (Å²) < 4.78 is 1.51. The molecule has 5 heteroatoms. The predicted octanol–water partition coefficient (Wildman–Crippen LogP) is 0.776. The maximum Gasteiger partial charge on any atom is 0.182 e. The molecule has 1 aromatic rings. The molecule has 0 saturated carbocycles. The summed E-state index contributed by atoms with van der Waals surface area (Å²) in [6.07, 6.45) is 2.90. The molecule has 0 aliphatic heterocycles. The number of carbonyl (C=O) groups excluding carboxylic acids is 1. The van der Waals surface area contributed by atoms with Crippen molar-refractivity contribution in [3.8, 4) is 0 Å². The first kappa shape index (κ1) is 11.8. The van der Waals surface area contributed by atoms with Crippen LogP contribution in [0.15, 0.2) is 6.20 Å². The van der Waals surface area contributed by atoms with E-state index in [4.69, 9.17) is 0 Å². The molecule has 0 atom stereocenters. The second-order valence-corrected chi connectivity index (χ2v) is 3.88. The average molecular weight is 210 g/mol. The topological polar surface area (TPSA) is 59.8 Å². The highest BCUT2D eigenvalue weighted by Crippen LogP contribution is 2.01. The lowest BCUT2D eigenvalue weighted by Gasteiger charge is -2.06. The van der Waals surface area contributed by atoms with E-state index in [-0.39, 0.29) is 5.78 Å². The molecular weight excluding hydrogens is 192 g/mol. The predicted molar refractivity (Wildman–Crippen MR) is 57.7 cm³/mol. The quantitative estimate of drug-likeness (QED) is 0.556. The molecule has 1 rings (SSSR count). The molecule has 0 bridgehead atoms. The Labute approximate surface area is 89.9 Å². The number of ketones is 1. The second-order valence-electron chi connectivity index (χ2n) is 3.88. The Bertz CT molecular complexity index is 319. The van der Waals surface area contributed by atoms with Crippen LogP contribution >= 0.6 is 0 Å². The average Bonchev–Trinajstić information content (AvgIpc) is 2.58. The molecule has 0 unspecified atom stereocenters. The Morgan fingerprint density at radius 1 is 1.60 bits per heavy atom. The summed E-state index contributed by atoms with van der Waals surface area (Å²) in [7, 11) is 1.73. The molecule has 1 heterocycles. The van der Waals surface area contributed by atoms with E-state index in [9.17, 15) is 4.79 Å². The molecule has 0 fully saturated rings. The van der Waals surface area contributed by atoms with Crippen LogP contribution in [-0.4, -0.2) is 33.4 Å². The lowest BCUT2D eigenvalue weighted by molar-refractivity contribution is 0.0970. The highest BCUT2D eigenvalue weighted by Gasteiger charge is 2.09. The lowest BCUT2D eigenvalue weighted by Crippen LogP contribution is -2.24. The summed E-state index contributed by atoms with van der Waals surface area (Å²) in [5, 5.41) is 10.7. The van der Waals surface area contributed by atoms with Crippen LogP contribution in [0.5, 0.6) is 0 Å². The third kappa shape index (κ3) is 3.79. The summed E-state index contributed by atoms with van der Waals surface area (Å²) in [6.45, 7) is 5.05. The number of carbonyl (C=O) groups is 1. The summed E-state index contributed by atoms with van der Waals surface area (Å²) in [6, 6.07) is 0.471.